The number of hydrogen-bond acceptors (Lipinski definition) is 5. The number of aromatic nitrogens is 2. The molecule has 0 spiro atoms. The fourth-order valence-electron chi connectivity index (χ4n) is 4.32. The highest BCUT2D eigenvalue weighted by Gasteiger charge is 2.25. The molecule has 1 atom stereocenters. The van der Waals surface area contributed by atoms with Crippen LogP contribution in [0.25, 0.3) is 0 Å². The molecule has 0 radical (unpaired) electrons. The Morgan fingerprint density at radius 2 is 1.86 bits per heavy atom. The van der Waals surface area contributed by atoms with Crippen molar-refractivity contribution in [2.45, 2.75) is 38.9 Å². The first-order chi connectivity index (χ1) is 16.7. The van der Waals surface area contributed by atoms with Gasteiger partial charge in [0.2, 0.25) is 0 Å². The number of nitrogen functional groups attached to an aromatic ring is 1. The van der Waals surface area contributed by atoms with E-state index in [0.717, 1.165) is 30.5 Å². The van der Waals surface area contributed by atoms with Crippen LogP contribution in [0.1, 0.15) is 29.5 Å². The van der Waals surface area contributed by atoms with Gasteiger partial charge in [0.25, 0.3) is 0 Å². The van der Waals surface area contributed by atoms with Crippen molar-refractivity contribution in [1.29, 1.82) is 0 Å². The summed E-state index contributed by atoms with van der Waals surface area (Å²) in [7, 11) is 3.71. The second-order valence-corrected chi connectivity index (χ2v) is 9.46. The number of hydrogen-bond donors (Lipinski definition) is 2. The summed E-state index contributed by atoms with van der Waals surface area (Å²) in [5.41, 5.74) is 9.68. The fourth-order valence-corrected chi connectivity index (χ4v) is 4.60. The van der Waals surface area contributed by atoms with Gasteiger partial charge in [0, 0.05) is 25.3 Å². The molecule has 1 aliphatic rings. The van der Waals surface area contributed by atoms with Gasteiger partial charge in [0.05, 0.1) is 12.1 Å². The average molecular weight is 495 g/mol. The Morgan fingerprint density at radius 1 is 1.17 bits per heavy atom. The maximum atomic E-state index is 13.5. The van der Waals surface area contributed by atoms with Crippen molar-refractivity contribution in [3.05, 3.63) is 86.2 Å². The number of rotatable bonds is 6. The topological polar surface area (TPSA) is 80.6 Å². The molecule has 0 amide bonds. The van der Waals surface area contributed by atoms with Crippen LogP contribution in [0.4, 0.5) is 15.9 Å². The molecule has 1 fully saturated rings. The summed E-state index contributed by atoms with van der Waals surface area (Å²) < 4.78 is 16.8. The molecule has 0 aliphatic carbocycles. The Balaban J connectivity index is 1.80. The standard InChI is InChI=1S/C26H31FN6OS/c1-17-6-8-18(9-7-17)15-29-24(30-20-12-10-19(27)11-13-20)22-23(28)33(26(34)32(3)25(22)35)16-21-5-4-14-31(21)2/h6-13,21H,4-5,14-16,28H2,1-3H3,(H,29,30). The van der Waals surface area contributed by atoms with E-state index in [1.54, 1.807) is 23.7 Å². The van der Waals surface area contributed by atoms with Crippen molar-refractivity contribution in [3.8, 4) is 0 Å². The summed E-state index contributed by atoms with van der Waals surface area (Å²) in [5, 5.41) is 3.26. The smallest absolute Gasteiger partial charge is 0.330 e. The number of benzene rings is 2. The van der Waals surface area contributed by atoms with E-state index in [1.807, 2.05) is 31.2 Å². The minimum Gasteiger partial charge on any atom is -0.384 e. The molecular formula is C26H31FN6OS. The summed E-state index contributed by atoms with van der Waals surface area (Å²) in [4.78, 5) is 20.2. The van der Waals surface area contributed by atoms with Crippen LogP contribution < -0.4 is 16.7 Å². The molecule has 0 bridgehead atoms. The van der Waals surface area contributed by atoms with Crippen LogP contribution in [-0.2, 0) is 20.1 Å². The van der Waals surface area contributed by atoms with Gasteiger partial charge >= 0.3 is 5.69 Å². The number of halogens is 1. The number of nitrogens with two attached hydrogens (primary N) is 1. The molecule has 35 heavy (non-hydrogen) atoms. The second-order valence-electron chi connectivity index (χ2n) is 9.08. The first-order valence-corrected chi connectivity index (χ1v) is 12.1. The van der Waals surface area contributed by atoms with Crippen molar-refractivity contribution in [2.24, 2.45) is 12.0 Å². The molecule has 1 unspecified atom stereocenters. The van der Waals surface area contributed by atoms with Crippen LogP contribution in [0.5, 0.6) is 0 Å². The zero-order chi connectivity index (χ0) is 25.1. The van der Waals surface area contributed by atoms with Crippen LogP contribution in [0.3, 0.4) is 0 Å². The van der Waals surface area contributed by atoms with Crippen LogP contribution in [0, 0.1) is 17.4 Å². The van der Waals surface area contributed by atoms with Gasteiger partial charge in [-0.2, -0.15) is 0 Å². The first-order valence-electron chi connectivity index (χ1n) is 11.7. The number of likely N-dealkylation sites (tertiary alicyclic amines) is 1. The van der Waals surface area contributed by atoms with Crippen LogP contribution >= 0.6 is 12.2 Å². The SMILES string of the molecule is Cc1ccc(CN=C(Nc2ccc(F)cc2)c2c(N)n(CC3CCCN3C)c(=O)n(C)c2=S)cc1. The lowest BCUT2D eigenvalue weighted by Gasteiger charge is -2.24. The van der Waals surface area contributed by atoms with E-state index in [-0.39, 0.29) is 23.4 Å². The van der Waals surface area contributed by atoms with E-state index in [1.165, 1.54) is 16.7 Å². The Labute approximate surface area is 209 Å². The second kappa shape index (κ2) is 10.5. The van der Waals surface area contributed by atoms with Gasteiger partial charge in [-0.3, -0.25) is 14.1 Å². The van der Waals surface area contributed by atoms with E-state index in [2.05, 4.69) is 17.3 Å². The molecule has 4 rings (SSSR count). The zero-order valence-electron chi connectivity index (χ0n) is 20.3. The Bertz CT molecular complexity index is 1340. The monoisotopic (exact) mass is 494 g/mol. The first kappa shape index (κ1) is 24.8. The van der Waals surface area contributed by atoms with E-state index >= 15 is 0 Å². The van der Waals surface area contributed by atoms with Crippen LogP contribution in [-0.4, -0.2) is 39.5 Å². The molecule has 1 aromatic heterocycles. The van der Waals surface area contributed by atoms with Gasteiger partial charge in [-0.15, -0.1) is 0 Å². The molecule has 3 aromatic rings. The normalized spacial score (nSPS) is 16.6. The van der Waals surface area contributed by atoms with Gasteiger partial charge in [0.1, 0.15) is 22.1 Å². The van der Waals surface area contributed by atoms with E-state index < -0.39 is 0 Å². The molecule has 184 valence electrons. The Kier molecular flexibility index (Phi) is 7.47. The fraction of sp³-hybridized carbons (Fsp3) is 0.346. The number of likely N-dealkylation sites (N-methyl/N-ethyl adjacent to an activating group) is 1. The Hall–Kier alpha value is -3.30. The van der Waals surface area contributed by atoms with Gasteiger partial charge in [-0.25, -0.2) is 9.18 Å². The van der Waals surface area contributed by atoms with Crippen molar-refractivity contribution in [1.82, 2.24) is 14.0 Å². The van der Waals surface area contributed by atoms with Crippen molar-refractivity contribution < 1.29 is 4.39 Å². The average Bonchev–Trinajstić information content (AvgIpc) is 3.25. The van der Waals surface area contributed by atoms with Crippen LogP contribution in [0.2, 0.25) is 0 Å². The number of aliphatic imine (C=N–C) groups is 1. The Morgan fingerprint density at radius 3 is 2.49 bits per heavy atom. The molecule has 1 aliphatic heterocycles. The molecule has 2 heterocycles. The van der Waals surface area contributed by atoms with Gasteiger partial charge in [-0.1, -0.05) is 42.0 Å². The zero-order valence-corrected chi connectivity index (χ0v) is 21.1. The summed E-state index contributed by atoms with van der Waals surface area (Å²) in [6.45, 7) is 3.88. The highest BCUT2D eigenvalue weighted by Crippen LogP contribution is 2.21. The molecule has 3 N–H and O–H groups in total. The predicted octanol–water partition coefficient (Wildman–Crippen LogP) is 4.10. The number of amidine groups is 1. The molecule has 7 nitrogen and oxygen atoms in total. The predicted molar refractivity (Wildman–Crippen MR) is 142 cm³/mol. The maximum Gasteiger partial charge on any atom is 0.330 e. The molecule has 1 saturated heterocycles. The lowest BCUT2D eigenvalue weighted by atomic mass is 10.1. The maximum absolute atomic E-state index is 13.5. The highest BCUT2D eigenvalue weighted by atomic mass is 32.1. The van der Waals surface area contributed by atoms with Crippen molar-refractivity contribution in [3.63, 3.8) is 0 Å². The largest absolute Gasteiger partial charge is 0.384 e. The third-order valence-electron chi connectivity index (χ3n) is 6.53. The van der Waals surface area contributed by atoms with E-state index in [4.69, 9.17) is 22.9 Å². The molecule has 2 aromatic carbocycles. The summed E-state index contributed by atoms with van der Waals surface area (Å²) in [5.74, 6) is 0.372. The number of nitrogens with one attached hydrogen (secondary N) is 1. The minimum absolute atomic E-state index is 0.219. The van der Waals surface area contributed by atoms with Gasteiger partial charge < -0.3 is 16.0 Å². The minimum atomic E-state index is -0.335. The molecule has 0 saturated carbocycles. The summed E-state index contributed by atoms with van der Waals surface area (Å²) in [6.07, 6.45) is 2.09. The number of aryl methyl sites for hydroxylation is 1. The third kappa shape index (κ3) is 5.52. The van der Waals surface area contributed by atoms with Gasteiger partial charge in [-0.05, 0) is 63.2 Å². The van der Waals surface area contributed by atoms with Crippen molar-refractivity contribution in [2.75, 3.05) is 24.6 Å². The quantitative estimate of drug-likeness (QED) is 0.306. The lowest BCUT2D eigenvalue weighted by molar-refractivity contribution is 0.279. The van der Waals surface area contributed by atoms with E-state index in [9.17, 15) is 9.18 Å². The molecular weight excluding hydrogens is 463 g/mol. The van der Waals surface area contributed by atoms with Crippen LogP contribution in [0.15, 0.2) is 58.3 Å². The van der Waals surface area contributed by atoms with Gasteiger partial charge in [0.15, 0.2) is 0 Å². The third-order valence-corrected chi connectivity index (χ3v) is 7.01. The summed E-state index contributed by atoms with van der Waals surface area (Å²) >= 11 is 5.67. The molecule has 9 heteroatoms. The highest BCUT2D eigenvalue weighted by molar-refractivity contribution is 7.71. The lowest BCUT2D eigenvalue weighted by Crippen LogP contribution is -2.40. The number of nitrogens with zero attached hydrogens (tertiary/aromatic N) is 4. The van der Waals surface area contributed by atoms with E-state index in [0.29, 0.717) is 34.8 Å². The number of anilines is 2. The summed E-state index contributed by atoms with van der Waals surface area (Å²) in [6, 6.07) is 14.3. The van der Waals surface area contributed by atoms with Crippen molar-refractivity contribution >= 4 is 29.6 Å².